The fraction of sp³-hybridized carbons (Fsp3) is 0.450. The molecule has 1 saturated carbocycles. The maximum absolute atomic E-state index is 13.0. The van der Waals surface area contributed by atoms with Gasteiger partial charge in [-0.15, -0.1) is 0 Å². The zero-order chi connectivity index (χ0) is 18.3. The summed E-state index contributed by atoms with van der Waals surface area (Å²) in [4.78, 5) is 31.2. The molecule has 26 heavy (non-hydrogen) atoms. The van der Waals surface area contributed by atoms with Crippen LogP contribution < -0.4 is 5.32 Å². The molecular formula is C20H23N3O3. The second-order valence-electron chi connectivity index (χ2n) is 7.47. The van der Waals surface area contributed by atoms with Gasteiger partial charge in [-0.2, -0.15) is 0 Å². The van der Waals surface area contributed by atoms with Gasteiger partial charge in [0.05, 0.1) is 6.54 Å². The first-order valence-electron chi connectivity index (χ1n) is 9.14. The van der Waals surface area contributed by atoms with Gasteiger partial charge >= 0.3 is 6.03 Å². The Hall–Kier alpha value is -2.63. The molecule has 6 heteroatoms. The highest BCUT2D eigenvalue weighted by atomic mass is 16.4. The molecule has 1 aromatic heterocycles. The molecule has 0 radical (unpaired) electrons. The minimum atomic E-state index is -0.719. The molecule has 2 heterocycles. The average Bonchev–Trinajstić information content (AvgIpc) is 3.12. The van der Waals surface area contributed by atoms with E-state index in [0.29, 0.717) is 36.1 Å². The Morgan fingerprint density at radius 2 is 1.92 bits per heavy atom. The molecule has 0 bridgehead atoms. The first kappa shape index (κ1) is 16.8. The highest BCUT2D eigenvalue weighted by Crippen LogP contribution is 2.37. The van der Waals surface area contributed by atoms with Crippen molar-refractivity contribution in [3.8, 4) is 11.5 Å². The molecule has 1 saturated heterocycles. The van der Waals surface area contributed by atoms with Gasteiger partial charge < -0.3 is 9.73 Å². The topological polar surface area (TPSA) is 75.4 Å². The van der Waals surface area contributed by atoms with Crippen LogP contribution in [0, 0.1) is 12.8 Å². The number of hydrogen-bond acceptors (Lipinski definition) is 4. The average molecular weight is 353 g/mol. The van der Waals surface area contributed by atoms with E-state index in [1.165, 1.54) is 4.90 Å². The molecule has 2 aliphatic rings. The van der Waals surface area contributed by atoms with E-state index in [1.807, 2.05) is 37.3 Å². The number of imide groups is 1. The van der Waals surface area contributed by atoms with E-state index in [9.17, 15) is 9.59 Å². The highest BCUT2D eigenvalue weighted by molar-refractivity contribution is 6.07. The van der Waals surface area contributed by atoms with Crippen molar-refractivity contribution < 1.29 is 14.0 Å². The Morgan fingerprint density at radius 3 is 2.62 bits per heavy atom. The second-order valence-corrected chi connectivity index (χ2v) is 7.47. The summed E-state index contributed by atoms with van der Waals surface area (Å²) in [6.45, 7) is 4.14. The van der Waals surface area contributed by atoms with E-state index in [1.54, 1.807) is 0 Å². The van der Waals surface area contributed by atoms with Crippen LogP contribution in [0.3, 0.4) is 0 Å². The van der Waals surface area contributed by atoms with Gasteiger partial charge in [-0.05, 0) is 50.7 Å². The van der Waals surface area contributed by atoms with E-state index in [2.05, 4.69) is 17.2 Å². The molecule has 1 N–H and O–H groups in total. The lowest BCUT2D eigenvalue weighted by atomic mass is 9.77. The number of aryl methyl sites for hydroxylation is 1. The molecule has 1 aromatic carbocycles. The van der Waals surface area contributed by atoms with Crippen LogP contribution in [0.1, 0.15) is 44.1 Å². The predicted octanol–water partition coefficient (Wildman–Crippen LogP) is 3.65. The fourth-order valence-electron chi connectivity index (χ4n) is 3.84. The summed E-state index contributed by atoms with van der Waals surface area (Å²) in [6.07, 6.45) is 3.34. The Kier molecular flexibility index (Phi) is 4.05. The third kappa shape index (κ3) is 2.79. The van der Waals surface area contributed by atoms with Crippen molar-refractivity contribution in [1.82, 2.24) is 15.2 Å². The van der Waals surface area contributed by atoms with Crippen molar-refractivity contribution in [3.63, 3.8) is 0 Å². The zero-order valence-electron chi connectivity index (χ0n) is 15.1. The van der Waals surface area contributed by atoms with E-state index in [0.717, 1.165) is 18.4 Å². The van der Waals surface area contributed by atoms with Crippen LogP contribution in [-0.4, -0.2) is 27.4 Å². The Morgan fingerprint density at radius 1 is 1.23 bits per heavy atom. The van der Waals surface area contributed by atoms with Crippen LogP contribution in [0.4, 0.5) is 4.79 Å². The summed E-state index contributed by atoms with van der Waals surface area (Å²) in [7, 11) is 0. The molecule has 3 amide bonds. The lowest BCUT2D eigenvalue weighted by molar-refractivity contribution is -0.133. The number of carbonyl (C=O) groups is 2. The molecule has 6 nitrogen and oxygen atoms in total. The van der Waals surface area contributed by atoms with Crippen LogP contribution in [-0.2, 0) is 11.3 Å². The number of rotatable bonds is 3. The highest BCUT2D eigenvalue weighted by Gasteiger charge is 2.52. The largest absolute Gasteiger partial charge is 0.441 e. The Bertz CT molecular complexity index is 835. The molecule has 1 aliphatic heterocycles. The monoisotopic (exact) mass is 353 g/mol. The summed E-state index contributed by atoms with van der Waals surface area (Å²) in [5.74, 6) is 1.61. The van der Waals surface area contributed by atoms with E-state index in [-0.39, 0.29) is 18.5 Å². The number of aromatic nitrogens is 1. The Labute approximate surface area is 152 Å². The molecular weight excluding hydrogens is 330 g/mol. The number of hydrogen-bond donors (Lipinski definition) is 1. The molecule has 0 atom stereocenters. The molecule has 0 unspecified atom stereocenters. The number of nitrogens with one attached hydrogen (secondary N) is 1. The third-order valence-electron chi connectivity index (χ3n) is 5.60. The number of urea groups is 1. The van der Waals surface area contributed by atoms with Crippen molar-refractivity contribution in [1.29, 1.82) is 0 Å². The third-order valence-corrected chi connectivity index (χ3v) is 5.60. The van der Waals surface area contributed by atoms with Gasteiger partial charge in [0.15, 0.2) is 0 Å². The summed E-state index contributed by atoms with van der Waals surface area (Å²) >= 11 is 0. The summed E-state index contributed by atoms with van der Waals surface area (Å²) < 4.78 is 5.75. The summed E-state index contributed by atoms with van der Waals surface area (Å²) in [6, 6.07) is 9.27. The Balaban J connectivity index is 1.55. The number of amides is 3. The standard InChI is InChI=1S/C20H23N3O3/c1-13-8-10-20(11-9-13)18(24)23(19(25)22-20)12-16-14(2)26-17(21-16)15-6-4-3-5-7-15/h3-7,13H,8-12H2,1-2H3,(H,22,25). The van der Waals surface area contributed by atoms with Crippen LogP contribution in [0.25, 0.3) is 11.5 Å². The summed E-state index contributed by atoms with van der Waals surface area (Å²) in [5.41, 5.74) is 0.772. The molecule has 2 fully saturated rings. The van der Waals surface area contributed by atoms with Crippen LogP contribution in [0.5, 0.6) is 0 Å². The molecule has 1 aliphatic carbocycles. The van der Waals surface area contributed by atoms with Crippen LogP contribution >= 0.6 is 0 Å². The lowest BCUT2D eigenvalue weighted by Crippen LogP contribution is -2.49. The van der Waals surface area contributed by atoms with Crippen molar-refractivity contribution in [2.45, 2.75) is 51.6 Å². The van der Waals surface area contributed by atoms with Gasteiger partial charge in [0, 0.05) is 5.56 Å². The quantitative estimate of drug-likeness (QED) is 0.855. The molecule has 1 spiro atoms. The molecule has 2 aromatic rings. The maximum Gasteiger partial charge on any atom is 0.325 e. The molecule has 136 valence electrons. The van der Waals surface area contributed by atoms with Crippen molar-refractivity contribution >= 4 is 11.9 Å². The maximum atomic E-state index is 13.0. The van der Waals surface area contributed by atoms with Crippen molar-refractivity contribution in [3.05, 3.63) is 41.8 Å². The minimum absolute atomic E-state index is 0.127. The van der Waals surface area contributed by atoms with Gasteiger partial charge in [0.1, 0.15) is 17.0 Å². The van der Waals surface area contributed by atoms with Gasteiger partial charge in [0.2, 0.25) is 5.89 Å². The zero-order valence-corrected chi connectivity index (χ0v) is 15.1. The van der Waals surface area contributed by atoms with Crippen molar-refractivity contribution in [2.75, 3.05) is 0 Å². The van der Waals surface area contributed by atoms with Crippen LogP contribution in [0.15, 0.2) is 34.7 Å². The lowest BCUT2D eigenvalue weighted by Gasteiger charge is -2.33. The van der Waals surface area contributed by atoms with Crippen molar-refractivity contribution in [2.24, 2.45) is 5.92 Å². The normalized spacial score (nSPS) is 25.8. The first-order valence-corrected chi connectivity index (χ1v) is 9.14. The number of nitrogens with zero attached hydrogens (tertiary/aromatic N) is 2. The fourth-order valence-corrected chi connectivity index (χ4v) is 3.84. The van der Waals surface area contributed by atoms with Gasteiger partial charge in [-0.3, -0.25) is 9.69 Å². The summed E-state index contributed by atoms with van der Waals surface area (Å²) in [5, 5.41) is 2.95. The van der Waals surface area contributed by atoms with E-state index in [4.69, 9.17) is 4.42 Å². The number of carbonyl (C=O) groups excluding carboxylic acids is 2. The number of oxazole rings is 1. The predicted molar refractivity (Wildman–Crippen MR) is 96.1 cm³/mol. The first-order chi connectivity index (χ1) is 12.5. The second kappa shape index (κ2) is 6.27. The molecule has 4 rings (SSSR count). The van der Waals surface area contributed by atoms with Gasteiger partial charge in [0.25, 0.3) is 5.91 Å². The van der Waals surface area contributed by atoms with Crippen LogP contribution in [0.2, 0.25) is 0 Å². The van der Waals surface area contributed by atoms with Gasteiger partial charge in [-0.1, -0.05) is 25.1 Å². The van der Waals surface area contributed by atoms with E-state index >= 15 is 0 Å². The smallest absolute Gasteiger partial charge is 0.325 e. The van der Waals surface area contributed by atoms with Gasteiger partial charge in [-0.25, -0.2) is 9.78 Å². The SMILES string of the molecule is Cc1oc(-c2ccccc2)nc1CN1C(=O)NC2(CCC(C)CC2)C1=O. The minimum Gasteiger partial charge on any atom is -0.441 e. The number of benzene rings is 1. The van der Waals surface area contributed by atoms with E-state index < -0.39 is 5.54 Å².